The van der Waals surface area contributed by atoms with Gasteiger partial charge in [-0.25, -0.2) is 9.97 Å². The number of hydrogen-bond acceptors (Lipinski definition) is 3. The fourth-order valence-electron chi connectivity index (χ4n) is 7.68. The Balaban J connectivity index is 1.32. The van der Waals surface area contributed by atoms with Crippen molar-refractivity contribution in [3.8, 4) is 17.2 Å². The van der Waals surface area contributed by atoms with Gasteiger partial charge < -0.3 is 4.42 Å². The fraction of sp³-hybridized carbons (Fsp3) is 0.100. The lowest BCUT2D eigenvalue weighted by Gasteiger charge is -2.20. The van der Waals surface area contributed by atoms with E-state index in [0.717, 1.165) is 70.0 Å². The predicted octanol–water partition coefficient (Wildman–Crippen LogP) is 9.64. The Morgan fingerprint density at radius 1 is 0.523 bits per heavy atom. The van der Waals surface area contributed by atoms with Crippen LogP contribution in [0.15, 0.2) is 108 Å². The van der Waals surface area contributed by atoms with Gasteiger partial charge in [-0.05, 0) is 83.7 Å². The molecule has 0 N–H and O–H groups in total. The number of para-hydroxylation sites is 1. The number of fused-ring (bicyclic) bond motifs is 11. The zero-order valence-electron chi connectivity index (χ0n) is 23.9. The third-order valence-corrected chi connectivity index (χ3v) is 10.1. The standard InChI is InChI=1S/C40H25N3O/c1-2-6-22(7-3-1)38-29-8-4-5-9-34(29)41-40(42-38)43-35-21-37-33(32-18-25-12-13-26(25)19-36(32)44-37)20-31(35)28-15-14-27-16-23-10-11-24(23)17-30(27)39(28)43/h1-9,14-21H,10-13H2. The molecule has 2 aliphatic rings. The summed E-state index contributed by atoms with van der Waals surface area (Å²) in [5, 5.41) is 8.34. The maximum Gasteiger partial charge on any atom is 0.235 e. The molecular weight excluding hydrogens is 538 g/mol. The van der Waals surface area contributed by atoms with Gasteiger partial charge in [0.2, 0.25) is 5.95 Å². The van der Waals surface area contributed by atoms with Crippen LogP contribution in [-0.4, -0.2) is 14.5 Å². The van der Waals surface area contributed by atoms with E-state index in [9.17, 15) is 0 Å². The molecule has 0 aliphatic heterocycles. The van der Waals surface area contributed by atoms with Crippen LogP contribution in [0.2, 0.25) is 0 Å². The van der Waals surface area contributed by atoms with Crippen LogP contribution in [-0.2, 0) is 25.7 Å². The summed E-state index contributed by atoms with van der Waals surface area (Å²) in [7, 11) is 0. The molecule has 6 aromatic carbocycles. The Bertz CT molecular complexity index is 2710. The van der Waals surface area contributed by atoms with E-state index in [4.69, 9.17) is 14.4 Å². The van der Waals surface area contributed by atoms with E-state index in [1.54, 1.807) is 0 Å². The van der Waals surface area contributed by atoms with Crippen LogP contribution in [0.5, 0.6) is 0 Å². The lowest BCUT2D eigenvalue weighted by Crippen LogP contribution is -2.08. The van der Waals surface area contributed by atoms with Crippen molar-refractivity contribution in [2.45, 2.75) is 25.7 Å². The minimum absolute atomic E-state index is 0.677. The molecule has 9 aromatic rings. The summed E-state index contributed by atoms with van der Waals surface area (Å²) >= 11 is 0. The van der Waals surface area contributed by atoms with Crippen molar-refractivity contribution in [1.29, 1.82) is 0 Å². The molecule has 0 saturated carbocycles. The molecule has 0 spiro atoms. The number of rotatable bonds is 2. The summed E-state index contributed by atoms with van der Waals surface area (Å²) in [5.41, 5.74) is 12.8. The molecule has 11 rings (SSSR count). The van der Waals surface area contributed by atoms with Crippen molar-refractivity contribution in [1.82, 2.24) is 14.5 Å². The second-order valence-corrected chi connectivity index (χ2v) is 12.5. The molecule has 4 nitrogen and oxygen atoms in total. The Hall–Kier alpha value is -5.48. The van der Waals surface area contributed by atoms with E-state index in [1.165, 1.54) is 54.6 Å². The molecule has 3 aromatic heterocycles. The van der Waals surface area contributed by atoms with Crippen molar-refractivity contribution in [2.75, 3.05) is 0 Å². The first-order valence-electron chi connectivity index (χ1n) is 15.5. The Morgan fingerprint density at radius 3 is 2.07 bits per heavy atom. The Morgan fingerprint density at radius 2 is 1.23 bits per heavy atom. The van der Waals surface area contributed by atoms with Gasteiger partial charge in [0.1, 0.15) is 11.2 Å². The van der Waals surface area contributed by atoms with Crippen LogP contribution in [0.3, 0.4) is 0 Å². The Kier molecular flexibility index (Phi) is 4.25. The molecule has 0 amide bonds. The van der Waals surface area contributed by atoms with E-state index < -0.39 is 0 Å². The minimum atomic E-state index is 0.677. The number of furan rings is 1. The lowest BCUT2D eigenvalue weighted by molar-refractivity contribution is 0.666. The largest absolute Gasteiger partial charge is 0.456 e. The number of nitrogens with zero attached hydrogens (tertiary/aromatic N) is 3. The smallest absolute Gasteiger partial charge is 0.235 e. The third kappa shape index (κ3) is 2.97. The van der Waals surface area contributed by atoms with Crippen LogP contribution < -0.4 is 0 Å². The van der Waals surface area contributed by atoms with Gasteiger partial charge in [0.15, 0.2) is 0 Å². The molecule has 0 unspecified atom stereocenters. The molecule has 2 aliphatic carbocycles. The summed E-state index contributed by atoms with van der Waals surface area (Å²) in [5.74, 6) is 0.677. The van der Waals surface area contributed by atoms with Crippen LogP contribution in [0.25, 0.3) is 82.6 Å². The monoisotopic (exact) mass is 563 g/mol. The number of aryl methyl sites for hydroxylation is 4. The van der Waals surface area contributed by atoms with Crippen molar-refractivity contribution in [2.24, 2.45) is 0 Å². The van der Waals surface area contributed by atoms with Gasteiger partial charge in [0, 0.05) is 43.9 Å². The van der Waals surface area contributed by atoms with E-state index in [2.05, 4.69) is 102 Å². The first kappa shape index (κ1) is 23.0. The first-order valence-corrected chi connectivity index (χ1v) is 15.5. The van der Waals surface area contributed by atoms with Gasteiger partial charge in [0.25, 0.3) is 0 Å². The quantitative estimate of drug-likeness (QED) is 0.210. The topological polar surface area (TPSA) is 43.9 Å². The molecule has 4 heteroatoms. The van der Waals surface area contributed by atoms with E-state index in [1.807, 2.05) is 6.07 Å². The zero-order chi connectivity index (χ0) is 28.5. The molecule has 0 saturated heterocycles. The second-order valence-electron chi connectivity index (χ2n) is 12.5. The highest BCUT2D eigenvalue weighted by Crippen LogP contribution is 2.43. The maximum atomic E-state index is 6.56. The Labute approximate surface area is 252 Å². The van der Waals surface area contributed by atoms with Gasteiger partial charge in [-0.15, -0.1) is 0 Å². The SMILES string of the molecule is c1ccc(-c2nc(-n3c4cc5oc6cc7c(cc6c5cc4c4ccc5cc6c(cc5c43)CC6)CC7)nc3ccccc23)cc1. The molecule has 0 atom stereocenters. The van der Waals surface area contributed by atoms with Crippen molar-refractivity contribution >= 4 is 65.4 Å². The van der Waals surface area contributed by atoms with E-state index in [-0.39, 0.29) is 0 Å². The number of hydrogen-bond donors (Lipinski definition) is 0. The van der Waals surface area contributed by atoms with Gasteiger partial charge in [-0.1, -0.05) is 66.7 Å². The predicted molar refractivity (Wildman–Crippen MR) is 179 cm³/mol. The number of benzene rings is 6. The fourth-order valence-corrected chi connectivity index (χ4v) is 7.68. The third-order valence-electron chi connectivity index (χ3n) is 10.1. The van der Waals surface area contributed by atoms with Crippen molar-refractivity contribution in [3.63, 3.8) is 0 Å². The average Bonchev–Trinajstić information content (AvgIpc) is 3.55. The van der Waals surface area contributed by atoms with Crippen LogP contribution in [0.1, 0.15) is 22.3 Å². The molecule has 0 radical (unpaired) electrons. The zero-order valence-corrected chi connectivity index (χ0v) is 23.9. The van der Waals surface area contributed by atoms with Gasteiger partial charge in [0.05, 0.1) is 22.2 Å². The highest BCUT2D eigenvalue weighted by Gasteiger charge is 2.24. The molecular formula is C40H25N3O. The summed E-state index contributed by atoms with van der Waals surface area (Å²) in [6.07, 6.45) is 4.59. The molecule has 0 bridgehead atoms. The van der Waals surface area contributed by atoms with Crippen molar-refractivity contribution < 1.29 is 4.42 Å². The summed E-state index contributed by atoms with van der Waals surface area (Å²) in [4.78, 5) is 10.6. The van der Waals surface area contributed by atoms with Gasteiger partial charge >= 0.3 is 0 Å². The van der Waals surface area contributed by atoms with Crippen molar-refractivity contribution in [3.05, 3.63) is 125 Å². The van der Waals surface area contributed by atoms with E-state index >= 15 is 0 Å². The molecule has 206 valence electrons. The van der Waals surface area contributed by atoms with Crippen LogP contribution >= 0.6 is 0 Å². The summed E-state index contributed by atoms with van der Waals surface area (Å²) in [6, 6.07) is 37.3. The summed E-state index contributed by atoms with van der Waals surface area (Å²) in [6.45, 7) is 0. The molecule has 44 heavy (non-hydrogen) atoms. The highest BCUT2D eigenvalue weighted by molar-refractivity contribution is 6.22. The lowest BCUT2D eigenvalue weighted by atomic mass is 9.86. The van der Waals surface area contributed by atoms with Crippen LogP contribution in [0.4, 0.5) is 0 Å². The first-order chi connectivity index (χ1) is 21.8. The molecule has 0 fully saturated rings. The average molecular weight is 564 g/mol. The van der Waals surface area contributed by atoms with Gasteiger partial charge in [-0.3, -0.25) is 4.57 Å². The highest BCUT2D eigenvalue weighted by atomic mass is 16.3. The minimum Gasteiger partial charge on any atom is -0.456 e. The van der Waals surface area contributed by atoms with Gasteiger partial charge in [-0.2, -0.15) is 0 Å². The van der Waals surface area contributed by atoms with Crippen LogP contribution in [0, 0.1) is 0 Å². The normalized spacial score (nSPS) is 14.0. The molecule has 3 heterocycles. The summed E-state index contributed by atoms with van der Waals surface area (Å²) < 4.78 is 8.85. The van der Waals surface area contributed by atoms with E-state index in [0.29, 0.717) is 5.95 Å². The second kappa shape index (κ2) is 8.12. The number of aromatic nitrogens is 3. The maximum absolute atomic E-state index is 6.56.